The molecule has 220 valence electrons. The van der Waals surface area contributed by atoms with Crippen LogP contribution >= 0.6 is 0 Å². The Kier molecular flexibility index (Phi) is 11.9. The number of allylic oxidation sites excluding steroid dienone is 1. The van der Waals surface area contributed by atoms with Crippen molar-refractivity contribution in [1.29, 1.82) is 0 Å². The number of aliphatic carboxylic acids is 1. The summed E-state index contributed by atoms with van der Waals surface area (Å²) in [5.74, 6) is -0.790. The lowest BCUT2D eigenvalue weighted by Crippen LogP contribution is -1.95. The van der Waals surface area contributed by atoms with Crippen LogP contribution in [0.3, 0.4) is 0 Å². The van der Waals surface area contributed by atoms with E-state index in [1.54, 1.807) is 6.92 Å². The summed E-state index contributed by atoms with van der Waals surface area (Å²) in [5.41, 5.74) is 8.34. The van der Waals surface area contributed by atoms with Crippen molar-refractivity contribution in [3.05, 3.63) is 83.0 Å². The SMILES string of the molecule is C1=Cc2cc3ccc(cc4ccc(cc5nc(cc1n2)C=C5)[nH]4)[nH]3.CCCCCCCCCCCCC=C(C)C(=O)O. The summed E-state index contributed by atoms with van der Waals surface area (Å²) in [6, 6.07) is 16.4. The highest BCUT2D eigenvalue weighted by molar-refractivity contribution is 5.85. The summed E-state index contributed by atoms with van der Waals surface area (Å²) < 4.78 is 0. The maximum Gasteiger partial charge on any atom is 0.330 e. The molecule has 6 heteroatoms. The highest BCUT2D eigenvalue weighted by Gasteiger charge is 2.02. The molecule has 0 saturated carbocycles. The first kappa shape index (κ1) is 30.8. The average Bonchev–Trinajstić information content (AvgIpc) is 3.78. The average molecular weight is 565 g/mol. The number of aromatic amines is 2. The Labute approximate surface area is 249 Å². The minimum atomic E-state index is -0.790. The normalized spacial score (nSPS) is 12.3. The summed E-state index contributed by atoms with van der Waals surface area (Å²) in [5, 5.41) is 8.68. The van der Waals surface area contributed by atoms with Gasteiger partial charge in [-0.3, -0.25) is 0 Å². The van der Waals surface area contributed by atoms with E-state index < -0.39 is 5.97 Å². The van der Waals surface area contributed by atoms with Crippen molar-refractivity contribution in [3.8, 4) is 0 Å². The van der Waals surface area contributed by atoms with E-state index in [0.717, 1.165) is 57.7 Å². The van der Waals surface area contributed by atoms with Crippen molar-refractivity contribution in [2.75, 3.05) is 0 Å². The second-order valence-electron chi connectivity index (χ2n) is 11.1. The van der Waals surface area contributed by atoms with Gasteiger partial charge in [0.1, 0.15) is 0 Å². The molecule has 0 saturated heterocycles. The van der Waals surface area contributed by atoms with Gasteiger partial charge in [-0.25, -0.2) is 14.8 Å². The van der Waals surface area contributed by atoms with Gasteiger partial charge in [0.25, 0.3) is 0 Å². The third-order valence-corrected chi connectivity index (χ3v) is 7.39. The molecule has 42 heavy (non-hydrogen) atoms. The predicted molar refractivity (Wildman–Crippen MR) is 177 cm³/mol. The number of carboxylic acids is 1. The largest absolute Gasteiger partial charge is 0.478 e. The summed E-state index contributed by atoms with van der Waals surface area (Å²) >= 11 is 0. The van der Waals surface area contributed by atoms with E-state index in [2.05, 4.69) is 57.2 Å². The number of carbonyl (C=O) groups is 1. The molecular weight excluding hydrogens is 520 g/mol. The van der Waals surface area contributed by atoms with Crippen LogP contribution in [-0.2, 0) is 4.79 Å². The number of carboxylic acid groups (broad SMARTS) is 1. The zero-order valence-electron chi connectivity index (χ0n) is 25.0. The fraction of sp³-hybridized carbons (Fsp3) is 0.361. The first-order valence-corrected chi connectivity index (χ1v) is 15.4. The van der Waals surface area contributed by atoms with E-state index in [1.807, 2.05) is 48.6 Å². The fourth-order valence-electron chi connectivity index (χ4n) is 4.98. The van der Waals surface area contributed by atoms with Crippen LogP contribution in [0.15, 0.2) is 60.2 Å². The Morgan fingerprint density at radius 2 is 1.05 bits per heavy atom. The second kappa shape index (κ2) is 16.3. The highest BCUT2D eigenvalue weighted by Crippen LogP contribution is 2.17. The zero-order chi connectivity index (χ0) is 29.6. The number of unbranched alkanes of at least 4 members (excludes halogenated alkanes) is 10. The molecule has 5 heterocycles. The number of hydrogen-bond donors (Lipinski definition) is 3. The molecule has 3 N–H and O–H groups in total. The quantitative estimate of drug-likeness (QED) is 0.104. The van der Waals surface area contributed by atoms with Crippen LogP contribution < -0.4 is 0 Å². The monoisotopic (exact) mass is 564 g/mol. The van der Waals surface area contributed by atoms with E-state index in [1.165, 1.54) is 57.8 Å². The summed E-state index contributed by atoms with van der Waals surface area (Å²) in [7, 11) is 0. The van der Waals surface area contributed by atoms with Gasteiger partial charge < -0.3 is 15.1 Å². The molecule has 8 bridgehead atoms. The van der Waals surface area contributed by atoms with Crippen LogP contribution in [0.1, 0.15) is 107 Å². The lowest BCUT2D eigenvalue weighted by molar-refractivity contribution is -0.132. The molecule has 5 rings (SSSR count). The van der Waals surface area contributed by atoms with Crippen molar-refractivity contribution < 1.29 is 9.90 Å². The molecule has 0 atom stereocenters. The third-order valence-electron chi connectivity index (χ3n) is 7.39. The summed E-state index contributed by atoms with van der Waals surface area (Å²) in [6.07, 6.45) is 24.1. The first-order valence-electron chi connectivity index (χ1n) is 15.4. The van der Waals surface area contributed by atoms with E-state index in [0.29, 0.717) is 5.57 Å². The maximum absolute atomic E-state index is 10.5. The van der Waals surface area contributed by atoms with Gasteiger partial charge in [0.2, 0.25) is 0 Å². The topological polar surface area (TPSA) is 94.7 Å². The van der Waals surface area contributed by atoms with Crippen LogP contribution in [0.2, 0.25) is 0 Å². The third kappa shape index (κ3) is 10.3. The Balaban J connectivity index is 0.000000204. The van der Waals surface area contributed by atoms with E-state index in [9.17, 15) is 4.79 Å². The lowest BCUT2D eigenvalue weighted by atomic mass is 10.1. The molecule has 0 aromatic carbocycles. The molecule has 2 aliphatic heterocycles. The number of rotatable bonds is 12. The van der Waals surface area contributed by atoms with Gasteiger partial charge in [-0.1, -0.05) is 70.8 Å². The van der Waals surface area contributed by atoms with Crippen molar-refractivity contribution in [1.82, 2.24) is 19.9 Å². The van der Waals surface area contributed by atoms with Gasteiger partial charge in [-0.05, 0) is 92.6 Å². The molecule has 3 aromatic heterocycles. The Bertz CT molecular complexity index is 1480. The lowest BCUT2D eigenvalue weighted by Gasteiger charge is -2.01. The van der Waals surface area contributed by atoms with E-state index in [4.69, 9.17) is 5.11 Å². The molecule has 0 amide bonds. The van der Waals surface area contributed by atoms with Crippen molar-refractivity contribution >= 4 is 52.3 Å². The van der Waals surface area contributed by atoms with Crippen LogP contribution in [-0.4, -0.2) is 31.0 Å². The summed E-state index contributed by atoms with van der Waals surface area (Å²) in [4.78, 5) is 26.6. The molecule has 0 radical (unpaired) electrons. The minimum absolute atomic E-state index is 0.478. The molecule has 0 spiro atoms. The van der Waals surface area contributed by atoms with Crippen molar-refractivity contribution in [3.63, 3.8) is 0 Å². The second-order valence-corrected chi connectivity index (χ2v) is 11.1. The van der Waals surface area contributed by atoms with Gasteiger partial charge in [0, 0.05) is 27.6 Å². The van der Waals surface area contributed by atoms with Crippen molar-refractivity contribution in [2.45, 2.75) is 84.5 Å². The van der Waals surface area contributed by atoms with Crippen LogP contribution in [0.25, 0.3) is 46.4 Å². The zero-order valence-corrected chi connectivity index (χ0v) is 25.0. The van der Waals surface area contributed by atoms with Gasteiger partial charge in [-0.15, -0.1) is 0 Å². The number of aromatic nitrogens is 4. The molecular formula is C36H44N4O2. The van der Waals surface area contributed by atoms with Crippen LogP contribution in [0, 0.1) is 0 Å². The number of fused-ring (bicyclic) bond motifs is 8. The van der Waals surface area contributed by atoms with Gasteiger partial charge in [-0.2, -0.15) is 0 Å². The first-order chi connectivity index (χ1) is 20.5. The van der Waals surface area contributed by atoms with E-state index in [-0.39, 0.29) is 0 Å². The Morgan fingerprint density at radius 1 is 0.643 bits per heavy atom. The number of hydrogen-bond acceptors (Lipinski definition) is 3. The highest BCUT2D eigenvalue weighted by atomic mass is 16.4. The predicted octanol–water partition coefficient (Wildman–Crippen LogP) is 9.98. The Morgan fingerprint density at radius 3 is 1.50 bits per heavy atom. The number of nitrogens with one attached hydrogen (secondary N) is 2. The minimum Gasteiger partial charge on any atom is -0.478 e. The van der Waals surface area contributed by atoms with Gasteiger partial charge >= 0.3 is 5.97 Å². The van der Waals surface area contributed by atoms with Crippen molar-refractivity contribution in [2.24, 2.45) is 0 Å². The molecule has 6 nitrogen and oxygen atoms in total. The molecule has 2 aliphatic rings. The van der Waals surface area contributed by atoms with Gasteiger partial charge in [0.05, 0.1) is 22.8 Å². The Hall–Kier alpha value is -4.19. The number of H-pyrrole nitrogens is 2. The van der Waals surface area contributed by atoms with Crippen LogP contribution in [0.4, 0.5) is 0 Å². The van der Waals surface area contributed by atoms with E-state index >= 15 is 0 Å². The fourth-order valence-corrected chi connectivity index (χ4v) is 4.98. The molecule has 0 fully saturated rings. The molecule has 0 unspecified atom stereocenters. The standard InChI is InChI=1S/C20H14N4.C16H30O2/c1-2-14-10-16-5-6-18(23-16)12-20-8-7-19(24-20)11-17-4-3-15(22-17)9-13(1)21-14;1-3-4-5-6-7-8-9-10-11-12-13-14-15(2)16(17)18/h1-12,21-22H;14H,3-13H2,1-2H3,(H,17,18). The van der Waals surface area contributed by atoms with Gasteiger partial charge in [0.15, 0.2) is 0 Å². The summed E-state index contributed by atoms with van der Waals surface area (Å²) in [6.45, 7) is 3.92. The van der Waals surface area contributed by atoms with Crippen LogP contribution in [0.5, 0.6) is 0 Å². The maximum atomic E-state index is 10.5. The number of nitrogens with zero attached hydrogens (tertiary/aromatic N) is 2. The molecule has 0 aliphatic carbocycles. The smallest absolute Gasteiger partial charge is 0.330 e. The molecule has 3 aromatic rings.